The van der Waals surface area contributed by atoms with Crippen molar-refractivity contribution in [2.75, 3.05) is 6.61 Å². The van der Waals surface area contributed by atoms with Gasteiger partial charge in [-0.25, -0.2) is 0 Å². The fourth-order valence-electron chi connectivity index (χ4n) is 0.247. The molecule has 0 radical (unpaired) electrons. The average Bonchev–Trinajstić information content (AvgIpc) is 1.59. The number of hydrogen-bond donors (Lipinski definition) is 0. The van der Waals surface area contributed by atoms with Crippen LogP contribution in [0.5, 0.6) is 0 Å². The van der Waals surface area contributed by atoms with Crippen molar-refractivity contribution in [3.05, 3.63) is 0 Å². The van der Waals surface area contributed by atoms with Gasteiger partial charge in [0.05, 0.1) is 6.61 Å². The normalized spacial score (nSPS) is 11.6. The van der Waals surface area contributed by atoms with Crippen LogP contribution in [0, 0.1) is 0 Å². The van der Waals surface area contributed by atoms with Gasteiger partial charge < -0.3 is 0 Å². The molecule has 2 nitrogen and oxygen atoms in total. The standard InChI is InChI=1S/C4H4ClF3O2/c5-3(9)1-2-10-4(6,7)8/h1-2H2. The zero-order valence-corrected chi connectivity index (χ0v) is 5.50. The van der Waals surface area contributed by atoms with Gasteiger partial charge in [0.2, 0.25) is 5.24 Å². The average molecular weight is 177 g/mol. The molecule has 0 aliphatic heterocycles. The zero-order chi connectivity index (χ0) is 8.20. The number of alkyl halides is 3. The fourth-order valence-corrected chi connectivity index (χ4v) is 0.324. The molecular formula is C4H4ClF3O2. The summed E-state index contributed by atoms with van der Waals surface area (Å²) in [5, 5.41) is -0.843. The van der Waals surface area contributed by atoms with Crippen molar-refractivity contribution in [2.24, 2.45) is 0 Å². The van der Waals surface area contributed by atoms with Gasteiger partial charge in [0.1, 0.15) is 0 Å². The summed E-state index contributed by atoms with van der Waals surface area (Å²) in [5.41, 5.74) is 0. The van der Waals surface area contributed by atoms with Gasteiger partial charge in [0.15, 0.2) is 0 Å². The van der Waals surface area contributed by atoms with Crippen LogP contribution in [0.2, 0.25) is 0 Å². The molecule has 0 heterocycles. The molecule has 0 rings (SSSR count). The van der Waals surface area contributed by atoms with E-state index >= 15 is 0 Å². The molecule has 0 unspecified atom stereocenters. The molecule has 0 atom stereocenters. The highest BCUT2D eigenvalue weighted by atomic mass is 35.5. The van der Waals surface area contributed by atoms with Gasteiger partial charge in [0.25, 0.3) is 0 Å². The van der Waals surface area contributed by atoms with Crippen LogP contribution in [-0.2, 0) is 9.53 Å². The summed E-state index contributed by atoms with van der Waals surface area (Å²) in [5.74, 6) is 0. The van der Waals surface area contributed by atoms with Crippen molar-refractivity contribution in [2.45, 2.75) is 12.8 Å². The van der Waals surface area contributed by atoms with Gasteiger partial charge in [-0.2, -0.15) is 0 Å². The second kappa shape index (κ2) is 3.78. The Balaban J connectivity index is 3.29. The summed E-state index contributed by atoms with van der Waals surface area (Å²) in [4.78, 5) is 9.85. The first-order valence-corrected chi connectivity index (χ1v) is 2.68. The molecule has 10 heavy (non-hydrogen) atoms. The highest BCUT2D eigenvalue weighted by Crippen LogP contribution is 2.16. The lowest BCUT2D eigenvalue weighted by Gasteiger charge is -2.04. The first kappa shape index (κ1) is 9.71. The number of carbonyl (C=O) groups excluding carboxylic acids is 1. The Morgan fingerprint density at radius 1 is 1.50 bits per heavy atom. The Bertz CT molecular complexity index is 122. The van der Waals surface area contributed by atoms with E-state index < -0.39 is 24.6 Å². The van der Waals surface area contributed by atoms with Crippen molar-refractivity contribution in [1.82, 2.24) is 0 Å². The van der Waals surface area contributed by atoms with E-state index in [-0.39, 0.29) is 0 Å². The van der Waals surface area contributed by atoms with Crippen LogP contribution in [0.1, 0.15) is 6.42 Å². The second-order valence-corrected chi connectivity index (χ2v) is 1.82. The summed E-state index contributed by atoms with van der Waals surface area (Å²) < 4.78 is 36.6. The predicted molar refractivity (Wildman–Crippen MR) is 27.5 cm³/mol. The van der Waals surface area contributed by atoms with Gasteiger partial charge >= 0.3 is 6.36 Å². The summed E-state index contributed by atoms with van der Waals surface area (Å²) >= 11 is 4.72. The molecule has 0 fully saturated rings. The largest absolute Gasteiger partial charge is 0.522 e. The third kappa shape index (κ3) is 7.71. The molecule has 0 saturated carbocycles. The highest BCUT2D eigenvalue weighted by molar-refractivity contribution is 6.63. The van der Waals surface area contributed by atoms with E-state index in [4.69, 9.17) is 11.6 Å². The molecular weight excluding hydrogens is 172 g/mol. The maximum atomic E-state index is 11.1. The van der Waals surface area contributed by atoms with E-state index in [0.717, 1.165) is 0 Å². The highest BCUT2D eigenvalue weighted by Gasteiger charge is 2.28. The molecule has 6 heteroatoms. The van der Waals surface area contributed by atoms with E-state index in [0.29, 0.717) is 0 Å². The molecule has 0 aromatic carbocycles. The molecule has 0 spiro atoms. The Kier molecular flexibility index (Phi) is 3.67. The summed E-state index contributed by atoms with van der Waals surface area (Å²) in [6, 6.07) is 0. The molecule has 0 aliphatic rings. The van der Waals surface area contributed by atoms with Crippen LogP contribution in [-0.4, -0.2) is 18.2 Å². The van der Waals surface area contributed by atoms with Crippen molar-refractivity contribution in [3.8, 4) is 0 Å². The van der Waals surface area contributed by atoms with E-state index in [1.807, 2.05) is 0 Å². The van der Waals surface area contributed by atoms with Crippen LogP contribution < -0.4 is 0 Å². The number of carbonyl (C=O) groups is 1. The number of halogens is 4. The lowest BCUT2D eigenvalue weighted by Crippen LogP contribution is -2.15. The topological polar surface area (TPSA) is 26.3 Å². The summed E-state index contributed by atoms with van der Waals surface area (Å²) in [7, 11) is 0. The third-order valence-corrected chi connectivity index (χ3v) is 0.753. The monoisotopic (exact) mass is 176 g/mol. The van der Waals surface area contributed by atoms with Gasteiger partial charge in [0, 0.05) is 6.42 Å². The number of rotatable bonds is 3. The van der Waals surface area contributed by atoms with Crippen LogP contribution in [0.3, 0.4) is 0 Å². The molecule has 0 N–H and O–H groups in total. The second-order valence-electron chi connectivity index (χ2n) is 1.40. The van der Waals surface area contributed by atoms with E-state index in [9.17, 15) is 18.0 Å². The fraction of sp³-hybridized carbons (Fsp3) is 0.750. The lowest BCUT2D eigenvalue weighted by molar-refractivity contribution is -0.323. The van der Waals surface area contributed by atoms with Crippen molar-refractivity contribution >= 4 is 16.8 Å². The Morgan fingerprint density at radius 3 is 2.30 bits per heavy atom. The molecule has 0 saturated heterocycles. The van der Waals surface area contributed by atoms with Crippen LogP contribution in [0.25, 0.3) is 0 Å². The first-order chi connectivity index (χ1) is 4.42. The zero-order valence-electron chi connectivity index (χ0n) is 4.74. The minimum absolute atomic E-state index is 0.429. The molecule has 0 amide bonds. The molecule has 0 aromatic heterocycles. The van der Waals surface area contributed by atoms with Crippen molar-refractivity contribution in [1.29, 1.82) is 0 Å². The third-order valence-electron chi connectivity index (χ3n) is 0.564. The molecule has 0 bridgehead atoms. The number of ether oxygens (including phenoxy) is 1. The van der Waals surface area contributed by atoms with Gasteiger partial charge in [-0.15, -0.1) is 13.2 Å². The van der Waals surface area contributed by atoms with Gasteiger partial charge in [-0.3, -0.25) is 9.53 Å². The maximum absolute atomic E-state index is 11.1. The van der Waals surface area contributed by atoms with Gasteiger partial charge in [-0.05, 0) is 11.6 Å². The Morgan fingerprint density at radius 2 is 2.00 bits per heavy atom. The maximum Gasteiger partial charge on any atom is 0.522 e. The van der Waals surface area contributed by atoms with Gasteiger partial charge in [-0.1, -0.05) is 0 Å². The molecule has 0 aromatic rings. The van der Waals surface area contributed by atoms with Crippen molar-refractivity contribution < 1.29 is 22.7 Å². The smallest absolute Gasteiger partial charge is 0.291 e. The van der Waals surface area contributed by atoms with E-state index in [1.54, 1.807) is 0 Å². The lowest BCUT2D eigenvalue weighted by atomic mass is 10.5. The minimum Gasteiger partial charge on any atom is -0.291 e. The Labute approximate surface area is 59.9 Å². The van der Waals surface area contributed by atoms with Crippen molar-refractivity contribution in [3.63, 3.8) is 0 Å². The quantitative estimate of drug-likeness (QED) is 0.612. The predicted octanol–water partition coefficient (Wildman–Crippen LogP) is 1.68. The SMILES string of the molecule is O=C(Cl)CCOC(F)(F)F. The van der Waals surface area contributed by atoms with Crippen LogP contribution in [0.4, 0.5) is 13.2 Å². The van der Waals surface area contributed by atoms with E-state index in [2.05, 4.69) is 4.74 Å². The minimum atomic E-state index is -4.67. The Hall–Kier alpha value is -0.290. The molecule has 60 valence electrons. The number of hydrogen-bond acceptors (Lipinski definition) is 2. The summed E-state index contributed by atoms with van der Waals surface area (Å²) in [6.45, 7) is -0.716. The van der Waals surface area contributed by atoms with Crippen LogP contribution >= 0.6 is 11.6 Å². The summed E-state index contributed by atoms with van der Waals surface area (Å²) in [6.07, 6.45) is -5.10. The van der Waals surface area contributed by atoms with E-state index in [1.165, 1.54) is 0 Å². The molecule has 0 aliphatic carbocycles. The first-order valence-electron chi connectivity index (χ1n) is 2.31. The van der Waals surface area contributed by atoms with Crippen LogP contribution in [0.15, 0.2) is 0 Å².